The lowest BCUT2D eigenvalue weighted by Gasteiger charge is -2.32. The Morgan fingerprint density at radius 3 is 3.00 bits per heavy atom. The number of likely N-dealkylation sites (N-methyl/N-ethyl adjacent to an activating group) is 1. The average molecular weight is 315 g/mol. The van der Waals surface area contributed by atoms with Crippen molar-refractivity contribution < 1.29 is 9.59 Å². The zero-order chi connectivity index (χ0) is 15.5. The quantitative estimate of drug-likeness (QED) is 0.942. The number of pyridine rings is 1. The number of fused-ring (bicyclic) bond motifs is 1. The first-order valence-corrected chi connectivity index (χ1v) is 8.13. The summed E-state index contributed by atoms with van der Waals surface area (Å²) in [7, 11) is 0. The first-order chi connectivity index (χ1) is 10.7. The summed E-state index contributed by atoms with van der Waals surface area (Å²) in [5, 5.41) is 4.72. The third-order valence-corrected chi connectivity index (χ3v) is 4.56. The number of carbonyl (C=O) groups is 2. The van der Waals surface area contributed by atoms with Gasteiger partial charge in [-0.25, -0.2) is 0 Å². The van der Waals surface area contributed by atoms with Crippen LogP contribution >= 0.6 is 11.3 Å². The fourth-order valence-corrected chi connectivity index (χ4v) is 3.38. The summed E-state index contributed by atoms with van der Waals surface area (Å²) in [4.78, 5) is 31.7. The SMILES string of the molecule is CCNC(=O)C1CN(C(=O)c2cccs2)Cc2cccnc21. The van der Waals surface area contributed by atoms with E-state index in [0.29, 0.717) is 24.5 Å². The van der Waals surface area contributed by atoms with Crippen molar-refractivity contribution in [3.63, 3.8) is 0 Å². The Hall–Kier alpha value is -2.21. The minimum absolute atomic E-state index is 0.0289. The maximum atomic E-state index is 12.6. The number of aromatic nitrogens is 1. The first-order valence-electron chi connectivity index (χ1n) is 7.25. The number of nitrogens with one attached hydrogen (secondary N) is 1. The van der Waals surface area contributed by atoms with Crippen LogP contribution in [0.15, 0.2) is 35.8 Å². The number of hydrogen-bond donors (Lipinski definition) is 1. The maximum absolute atomic E-state index is 12.6. The molecule has 0 aromatic carbocycles. The molecule has 1 atom stereocenters. The number of hydrogen-bond acceptors (Lipinski definition) is 4. The van der Waals surface area contributed by atoms with Crippen LogP contribution in [0.2, 0.25) is 0 Å². The van der Waals surface area contributed by atoms with Gasteiger partial charge in [0.05, 0.1) is 16.5 Å². The highest BCUT2D eigenvalue weighted by Gasteiger charge is 2.33. The molecule has 114 valence electrons. The molecule has 0 radical (unpaired) electrons. The molecule has 22 heavy (non-hydrogen) atoms. The van der Waals surface area contributed by atoms with E-state index in [4.69, 9.17) is 0 Å². The van der Waals surface area contributed by atoms with Crippen LogP contribution in [0.5, 0.6) is 0 Å². The molecule has 1 aliphatic rings. The third kappa shape index (κ3) is 2.74. The maximum Gasteiger partial charge on any atom is 0.264 e. The van der Waals surface area contributed by atoms with Crippen molar-refractivity contribution >= 4 is 23.2 Å². The van der Waals surface area contributed by atoms with Gasteiger partial charge in [0, 0.05) is 25.8 Å². The Kier molecular flexibility index (Phi) is 4.20. The van der Waals surface area contributed by atoms with Crippen LogP contribution in [0.3, 0.4) is 0 Å². The molecule has 1 aliphatic heterocycles. The normalized spacial score (nSPS) is 17.0. The molecular formula is C16H17N3O2S. The van der Waals surface area contributed by atoms with E-state index in [2.05, 4.69) is 10.3 Å². The number of thiophene rings is 1. The topological polar surface area (TPSA) is 62.3 Å². The lowest BCUT2D eigenvalue weighted by Crippen LogP contribution is -2.44. The standard InChI is InChI=1S/C16H17N3O2S/c1-2-17-15(20)12-10-19(16(21)13-6-4-8-22-13)9-11-5-3-7-18-14(11)12/h3-8,12H,2,9-10H2,1H3,(H,17,20). The summed E-state index contributed by atoms with van der Waals surface area (Å²) >= 11 is 1.42. The molecule has 0 fully saturated rings. The Morgan fingerprint density at radius 1 is 1.41 bits per heavy atom. The van der Waals surface area contributed by atoms with Gasteiger partial charge in [-0.1, -0.05) is 12.1 Å². The molecule has 1 N–H and O–H groups in total. The van der Waals surface area contributed by atoms with Gasteiger partial charge in [-0.05, 0) is 30.0 Å². The minimum Gasteiger partial charge on any atom is -0.356 e. The van der Waals surface area contributed by atoms with Crippen molar-refractivity contribution in [1.82, 2.24) is 15.2 Å². The summed E-state index contributed by atoms with van der Waals surface area (Å²) in [6.07, 6.45) is 1.70. The smallest absolute Gasteiger partial charge is 0.264 e. The van der Waals surface area contributed by atoms with Gasteiger partial charge in [0.15, 0.2) is 0 Å². The molecule has 3 rings (SSSR count). The lowest BCUT2D eigenvalue weighted by molar-refractivity contribution is -0.123. The molecule has 0 saturated heterocycles. The Bertz CT molecular complexity index is 684. The Labute approximate surface area is 133 Å². The molecule has 5 nitrogen and oxygen atoms in total. The highest BCUT2D eigenvalue weighted by Crippen LogP contribution is 2.28. The largest absolute Gasteiger partial charge is 0.356 e. The number of rotatable bonds is 3. The van der Waals surface area contributed by atoms with Crippen LogP contribution < -0.4 is 5.32 Å². The number of carbonyl (C=O) groups excluding carboxylic acids is 2. The van der Waals surface area contributed by atoms with E-state index in [1.54, 1.807) is 11.1 Å². The highest BCUT2D eigenvalue weighted by molar-refractivity contribution is 7.12. The Balaban J connectivity index is 1.91. The van der Waals surface area contributed by atoms with Crippen LogP contribution in [-0.2, 0) is 11.3 Å². The predicted molar refractivity (Wildman–Crippen MR) is 84.7 cm³/mol. The second kappa shape index (κ2) is 6.27. The molecular weight excluding hydrogens is 298 g/mol. The summed E-state index contributed by atoms with van der Waals surface area (Å²) in [6.45, 7) is 3.31. The summed E-state index contributed by atoms with van der Waals surface area (Å²) < 4.78 is 0. The van der Waals surface area contributed by atoms with Crippen LogP contribution in [0, 0.1) is 0 Å². The van der Waals surface area contributed by atoms with Crippen LogP contribution in [-0.4, -0.2) is 34.8 Å². The summed E-state index contributed by atoms with van der Waals surface area (Å²) in [5.41, 5.74) is 1.72. The predicted octanol–water partition coefficient (Wildman–Crippen LogP) is 2.02. The fourth-order valence-electron chi connectivity index (χ4n) is 2.69. The minimum atomic E-state index is -0.409. The molecule has 2 amide bonds. The van der Waals surface area contributed by atoms with Gasteiger partial charge in [0.25, 0.3) is 5.91 Å². The van der Waals surface area contributed by atoms with E-state index >= 15 is 0 Å². The second-order valence-corrected chi connectivity index (χ2v) is 6.11. The molecule has 2 aromatic heterocycles. The van der Waals surface area contributed by atoms with Gasteiger partial charge in [-0.3, -0.25) is 14.6 Å². The van der Waals surface area contributed by atoms with Crippen LogP contribution in [0.25, 0.3) is 0 Å². The van der Waals surface area contributed by atoms with E-state index < -0.39 is 5.92 Å². The molecule has 0 bridgehead atoms. The fraction of sp³-hybridized carbons (Fsp3) is 0.312. The lowest BCUT2D eigenvalue weighted by atomic mass is 9.93. The van der Waals surface area contributed by atoms with Crippen molar-refractivity contribution in [3.8, 4) is 0 Å². The summed E-state index contributed by atoms with van der Waals surface area (Å²) in [6, 6.07) is 7.45. The second-order valence-electron chi connectivity index (χ2n) is 5.16. The van der Waals surface area contributed by atoms with E-state index in [-0.39, 0.29) is 11.8 Å². The molecule has 1 unspecified atom stereocenters. The monoisotopic (exact) mass is 315 g/mol. The van der Waals surface area contributed by atoms with Crippen molar-refractivity contribution in [1.29, 1.82) is 0 Å². The average Bonchev–Trinajstić information content (AvgIpc) is 3.07. The van der Waals surface area contributed by atoms with Gasteiger partial charge >= 0.3 is 0 Å². The van der Waals surface area contributed by atoms with Crippen molar-refractivity contribution in [2.24, 2.45) is 0 Å². The summed E-state index contributed by atoms with van der Waals surface area (Å²) in [5.74, 6) is -0.515. The van der Waals surface area contributed by atoms with Gasteiger partial charge in [-0.2, -0.15) is 0 Å². The van der Waals surface area contributed by atoms with Gasteiger partial charge in [0.2, 0.25) is 5.91 Å². The molecule has 0 spiro atoms. The zero-order valence-corrected chi connectivity index (χ0v) is 13.1. The molecule has 2 aromatic rings. The number of amides is 2. The van der Waals surface area contributed by atoms with E-state index in [1.807, 2.05) is 36.6 Å². The van der Waals surface area contributed by atoms with Gasteiger partial charge in [0.1, 0.15) is 0 Å². The molecule has 3 heterocycles. The molecule has 0 aliphatic carbocycles. The van der Waals surface area contributed by atoms with Crippen LogP contribution in [0.1, 0.15) is 33.8 Å². The van der Waals surface area contributed by atoms with E-state index in [9.17, 15) is 9.59 Å². The molecule has 6 heteroatoms. The zero-order valence-electron chi connectivity index (χ0n) is 12.3. The third-order valence-electron chi connectivity index (χ3n) is 3.71. The highest BCUT2D eigenvalue weighted by atomic mass is 32.1. The van der Waals surface area contributed by atoms with Crippen molar-refractivity contribution in [2.45, 2.75) is 19.4 Å². The van der Waals surface area contributed by atoms with Crippen LogP contribution in [0.4, 0.5) is 0 Å². The van der Waals surface area contributed by atoms with Crippen molar-refractivity contribution in [3.05, 3.63) is 52.0 Å². The van der Waals surface area contributed by atoms with Crippen molar-refractivity contribution in [2.75, 3.05) is 13.1 Å². The molecule has 0 saturated carbocycles. The van der Waals surface area contributed by atoms with Gasteiger partial charge < -0.3 is 10.2 Å². The Morgan fingerprint density at radius 2 is 2.27 bits per heavy atom. The first kappa shape index (κ1) is 14.7. The number of nitrogens with zero attached hydrogens (tertiary/aromatic N) is 2. The van der Waals surface area contributed by atoms with Gasteiger partial charge in [-0.15, -0.1) is 11.3 Å². The van der Waals surface area contributed by atoms with E-state index in [0.717, 1.165) is 11.3 Å². The van der Waals surface area contributed by atoms with E-state index in [1.165, 1.54) is 11.3 Å².